The van der Waals surface area contributed by atoms with Gasteiger partial charge in [0.05, 0.1) is 6.34 Å². The van der Waals surface area contributed by atoms with Crippen molar-refractivity contribution in [3.05, 3.63) is 22.9 Å². The molecule has 0 atom stereocenters. The van der Waals surface area contributed by atoms with Gasteiger partial charge in [-0.15, -0.1) is 12.4 Å². The number of rotatable bonds is 0. The molecule has 9 heavy (non-hydrogen) atoms. The fraction of sp³-hybridized carbons (Fsp3) is 0. The Morgan fingerprint density at radius 3 is 1.78 bits per heavy atom. The van der Waals surface area contributed by atoms with Crippen LogP contribution in [0.1, 0.15) is 0 Å². The molecule has 0 aliphatic heterocycles. The van der Waals surface area contributed by atoms with Gasteiger partial charge < -0.3 is 5.73 Å². The highest BCUT2D eigenvalue weighted by molar-refractivity contribution is 7.07. The minimum absolute atomic E-state index is 0. The monoisotopic (exact) mass is 164 g/mol. The zero-order chi connectivity index (χ0) is 6.24. The van der Waals surface area contributed by atoms with E-state index in [0.29, 0.717) is 0 Å². The van der Waals surface area contributed by atoms with E-state index >= 15 is 0 Å². The van der Waals surface area contributed by atoms with Crippen molar-refractivity contribution < 1.29 is 0 Å². The average molecular weight is 165 g/mol. The maximum Gasteiger partial charge on any atom is 0.0765 e. The molecule has 0 amide bonds. The van der Waals surface area contributed by atoms with Crippen molar-refractivity contribution in [2.24, 2.45) is 5.73 Å². The van der Waals surface area contributed by atoms with E-state index in [1.165, 1.54) is 0 Å². The van der Waals surface area contributed by atoms with E-state index in [1.54, 1.807) is 11.3 Å². The number of hydrogen-bond acceptors (Lipinski definition) is 2. The highest BCUT2D eigenvalue weighted by Gasteiger charge is 1.58. The summed E-state index contributed by atoms with van der Waals surface area (Å²) in [6.07, 6.45) is 0.750. The van der Waals surface area contributed by atoms with Crippen LogP contribution in [-0.2, 0) is 0 Å². The smallest absolute Gasteiger partial charge is 0.0765 e. The highest BCUT2D eigenvalue weighted by Crippen LogP contribution is 1.91. The molecule has 4 heteroatoms. The first-order valence-corrected chi connectivity index (χ1v) is 3.04. The summed E-state index contributed by atoms with van der Waals surface area (Å²) in [4.78, 5) is 0. The van der Waals surface area contributed by atoms with Crippen molar-refractivity contribution in [3.63, 3.8) is 0 Å². The molecule has 52 valence electrons. The molecule has 1 aromatic heterocycles. The Morgan fingerprint density at radius 2 is 1.67 bits per heavy atom. The molecule has 1 rings (SSSR count). The summed E-state index contributed by atoms with van der Waals surface area (Å²) < 4.78 is 0. The molecule has 0 saturated carbocycles. The van der Waals surface area contributed by atoms with E-state index in [0.717, 1.165) is 6.34 Å². The summed E-state index contributed by atoms with van der Waals surface area (Å²) in [5.74, 6) is 0. The largest absolute Gasteiger partial charge is 0.390 e. The normalized spacial score (nSPS) is 5.78. The van der Waals surface area contributed by atoms with Crippen LogP contribution in [0.25, 0.3) is 0 Å². The van der Waals surface area contributed by atoms with E-state index in [9.17, 15) is 0 Å². The highest BCUT2D eigenvalue weighted by atomic mass is 35.5. The molecule has 0 bridgehead atoms. The van der Waals surface area contributed by atoms with Crippen molar-refractivity contribution >= 4 is 30.1 Å². The van der Waals surface area contributed by atoms with Gasteiger partial charge in [-0.1, -0.05) is 12.1 Å². The van der Waals surface area contributed by atoms with Crippen molar-refractivity contribution in [1.82, 2.24) is 0 Å². The molecular weight excluding hydrogens is 156 g/mol. The Kier molecular flexibility index (Phi) is 13.1. The summed E-state index contributed by atoms with van der Waals surface area (Å²) in [7, 11) is 0. The Bertz CT molecular complexity index is 101. The van der Waals surface area contributed by atoms with E-state index in [2.05, 4.69) is 5.73 Å². The van der Waals surface area contributed by atoms with Gasteiger partial charge in [0, 0.05) is 0 Å². The van der Waals surface area contributed by atoms with Gasteiger partial charge in [0.15, 0.2) is 0 Å². The first kappa shape index (κ1) is 11.3. The Morgan fingerprint density at radius 1 is 1.33 bits per heavy atom. The number of nitrogens with one attached hydrogen (secondary N) is 1. The van der Waals surface area contributed by atoms with Crippen LogP contribution < -0.4 is 5.73 Å². The molecule has 1 aromatic rings. The number of nitrogens with two attached hydrogens (primary N) is 1. The van der Waals surface area contributed by atoms with Crippen molar-refractivity contribution in [1.29, 1.82) is 5.41 Å². The van der Waals surface area contributed by atoms with Gasteiger partial charge in [-0.3, -0.25) is 5.41 Å². The second-order valence-electron chi connectivity index (χ2n) is 0.960. The topological polar surface area (TPSA) is 49.9 Å². The average Bonchev–Trinajstić information content (AvgIpc) is 2.17. The Labute approximate surface area is 64.6 Å². The summed E-state index contributed by atoms with van der Waals surface area (Å²) in [5, 5.41) is 9.94. The molecule has 0 unspecified atom stereocenters. The van der Waals surface area contributed by atoms with Gasteiger partial charge >= 0.3 is 0 Å². The molecule has 0 aromatic carbocycles. The van der Waals surface area contributed by atoms with Gasteiger partial charge in [0.2, 0.25) is 0 Å². The van der Waals surface area contributed by atoms with Gasteiger partial charge in [-0.2, -0.15) is 11.3 Å². The SMILES string of the molecule is Cl.N=CN.c1ccsc1. The standard InChI is InChI=1S/C4H4S.CH4N2.ClH/c1-2-4-5-3-1;2-1-3;/h1-4H;1H,(H3,2,3);1H. The maximum absolute atomic E-state index is 5.86. The third kappa shape index (κ3) is 11.2. The van der Waals surface area contributed by atoms with Crippen molar-refractivity contribution in [3.8, 4) is 0 Å². The molecule has 3 N–H and O–H groups in total. The van der Waals surface area contributed by atoms with Gasteiger partial charge in [0.25, 0.3) is 0 Å². The Hall–Kier alpha value is -0.540. The number of halogens is 1. The second-order valence-corrected chi connectivity index (χ2v) is 1.78. The lowest BCUT2D eigenvalue weighted by Crippen LogP contribution is -1.81. The molecule has 0 aliphatic carbocycles. The molecule has 0 fully saturated rings. The van der Waals surface area contributed by atoms with E-state index in [4.69, 9.17) is 5.41 Å². The first-order chi connectivity index (χ1) is 3.91. The molecule has 2 nitrogen and oxygen atoms in total. The predicted octanol–water partition coefficient (Wildman–Crippen LogP) is 1.72. The van der Waals surface area contributed by atoms with Crippen LogP contribution in [0.15, 0.2) is 22.9 Å². The molecule has 0 saturated heterocycles. The fourth-order valence-electron chi connectivity index (χ4n) is 0.227. The molecular formula is C5H9ClN2S. The molecule has 0 spiro atoms. The lowest BCUT2D eigenvalue weighted by Gasteiger charge is -1.39. The zero-order valence-corrected chi connectivity index (χ0v) is 6.41. The van der Waals surface area contributed by atoms with Gasteiger partial charge in [-0.05, 0) is 10.8 Å². The van der Waals surface area contributed by atoms with Crippen LogP contribution in [0.5, 0.6) is 0 Å². The summed E-state index contributed by atoms with van der Waals surface area (Å²) in [5.41, 5.74) is 4.39. The van der Waals surface area contributed by atoms with Crippen LogP contribution >= 0.6 is 23.7 Å². The number of thiophene rings is 1. The van der Waals surface area contributed by atoms with Crippen LogP contribution in [0.2, 0.25) is 0 Å². The van der Waals surface area contributed by atoms with Crippen molar-refractivity contribution in [2.45, 2.75) is 0 Å². The quantitative estimate of drug-likeness (QED) is 0.445. The molecule has 1 heterocycles. The van der Waals surface area contributed by atoms with Crippen LogP contribution in [0.3, 0.4) is 0 Å². The van der Waals surface area contributed by atoms with Crippen LogP contribution in [0, 0.1) is 5.41 Å². The lowest BCUT2D eigenvalue weighted by molar-refractivity contribution is 1.52. The van der Waals surface area contributed by atoms with E-state index in [1.807, 2.05) is 22.9 Å². The molecule has 0 aliphatic rings. The first-order valence-electron chi connectivity index (χ1n) is 2.09. The summed E-state index contributed by atoms with van der Waals surface area (Å²) in [6.45, 7) is 0. The Balaban J connectivity index is 0. The second kappa shape index (κ2) is 10.4. The minimum atomic E-state index is 0. The fourth-order valence-corrected chi connectivity index (χ4v) is 0.680. The molecule has 0 radical (unpaired) electrons. The van der Waals surface area contributed by atoms with Gasteiger partial charge in [0.1, 0.15) is 0 Å². The third-order valence-corrected chi connectivity index (χ3v) is 1.05. The zero-order valence-electron chi connectivity index (χ0n) is 4.78. The van der Waals surface area contributed by atoms with E-state index in [-0.39, 0.29) is 12.4 Å². The summed E-state index contributed by atoms with van der Waals surface area (Å²) >= 11 is 1.71. The number of hydrogen-bond donors (Lipinski definition) is 2. The van der Waals surface area contributed by atoms with Gasteiger partial charge in [-0.25, -0.2) is 0 Å². The van der Waals surface area contributed by atoms with E-state index < -0.39 is 0 Å². The third-order valence-electron chi connectivity index (χ3n) is 0.425. The minimum Gasteiger partial charge on any atom is -0.390 e. The predicted molar refractivity (Wildman–Crippen MR) is 44.5 cm³/mol. The van der Waals surface area contributed by atoms with Crippen LogP contribution in [0.4, 0.5) is 0 Å². The van der Waals surface area contributed by atoms with Crippen molar-refractivity contribution in [2.75, 3.05) is 0 Å². The lowest BCUT2D eigenvalue weighted by atomic mass is 10.7. The van der Waals surface area contributed by atoms with Crippen LogP contribution in [-0.4, -0.2) is 6.34 Å². The maximum atomic E-state index is 5.86. The summed E-state index contributed by atoms with van der Waals surface area (Å²) in [6, 6.07) is 4.04.